The maximum Gasteiger partial charge on any atom is 0.0681 e. The lowest BCUT2D eigenvalue weighted by atomic mass is 9.63. The third kappa shape index (κ3) is 2.51. The summed E-state index contributed by atoms with van der Waals surface area (Å²) in [6.07, 6.45) is 4.67. The summed E-state index contributed by atoms with van der Waals surface area (Å²) >= 11 is 0. The lowest BCUT2D eigenvalue weighted by Crippen LogP contribution is -2.57. The molecule has 5 unspecified atom stereocenters. The van der Waals surface area contributed by atoms with Gasteiger partial charge < -0.3 is 14.6 Å². The molecule has 0 radical (unpaired) electrons. The first-order valence-corrected chi connectivity index (χ1v) is 6.94. The van der Waals surface area contributed by atoms with Gasteiger partial charge in [0.05, 0.1) is 30.5 Å². The molecule has 1 saturated heterocycles. The maximum absolute atomic E-state index is 9.87. The van der Waals surface area contributed by atoms with Crippen LogP contribution in [0.2, 0.25) is 0 Å². The van der Waals surface area contributed by atoms with E-state index in [1.54, 1.807) is 0 Å². The summed E-state index contributed by atoms with van der Waals surface area (Å²) in [7, 11) is 0. The first-order chi connectivity index (χ1) is 7.95. The van der Waals surface area contributed by atoms with Crippen LogP contribution in [0.15, 0.2) is 0 Å². The van der Waals surface area contributed by atoms with Gasteiger partial charge in [-0.15, -0.1) is 0 Å². The van der Waals surface area contributed by atoms with E-state index in [1.165, 1.54) is 0 Å². The van der Waals surface area contributed by atoms with Crippen LogP contribution < -0.4 is 0 Å². The molecule has 0 aromatic rings. The molecule has 0 aromatic carbocycles. The van der Waals surface area contributed by atoms with Crippen LogP contribution in [-0.2, 0) is 9.47 Å². The molecule has 1 heterocycles. The van der Waals surface area contributed by atoms with Crippen LogP contribution in [0.25, 0.3) is 0 Å². The SMILES string of the molecule is CCC1(C)C(O)CC1OC1CC(C)OC(C)C1. The van der Waals surface area contributed by atoms with E-state index in [0.717, 1.165) is 25.7 Å². The highest BCUT2D eigenvalue weighted by Gasteiger charge is 2.51. The molecule has 0 aromatic heterocycles. The van der Waals surface area contributed by atoms with E-state index in [9.17, 15) is 5.11 Å². The van der Waals surface area contributed by atoms with Gasteiger partial charge in [0.2, 0.25) is 0 Å². The molecule has 5 atom stereocenters. The molecule has 17 heavy (non-hydrogen) atoms. The highest BCUT2D eigenvalue weighted by atomic mass is 16.5. The van der Waals surface area contributed by atoms with Gasteiger partial charge in [0.25, 0.3) is 0 Å². The Morgan fingerprint density at radius 2 is 1.82 bits per heavy atom. The van der Waals surface area contributed by atoms with Gasteiger partial charge >= 0.3 is 0 Å². The summed E-state index contributed by atoms with van der Waals surface area (Å²) in [5.41, 5.74) is -0.0369. The van der Waals surface area contributed by atoms with Crippen molar-refractivity contribution in [1.82, 2.24) is 0 Å². The summed E-state index contributed by atoms with van der Waals surface area (Å²) in [6.45, 7) is 8.49. The van der Waals surface area contributed by atoms with Crippen LogP contribution in [-0.4, -0.2) is 35.6 Å². The van der Waals surface area contributed by atoms with Gasteiger partial charge in [-0.3, -0.25) is 0 Å². The Morgan fingerprint density at radius 1 is 1.24 bits per heavy atom. The van der Waals surface area contributed by atoms with Gasteiger partial charge in [-0.05, 0) is 33.1 Å². The molecule has 100 valence electrons. The summed E-state index contributed by atoms with van der Waals surface area (Å²) in [6, 6.07) is 0. The van der Waals surface area contributed by atoms with Crippen LogP contribution in [0.1, 0.15) is 53.4 Å². The van der Waals surface area contributed by atoms with Crippen LogP contribution in [0.3, 0.4) is 0 Å². The fourth-order valence-corrected chi connectivity index (χ4v) is 3.16. The number of ether oxygens (including phenoxy) is 2. The second-order valence-electron chi connectivity index (χ2n) is 6.09. The highest BCUT2D eigenvalue weighted by Crippen LogP contribution is 2.47. The molecule has 0 amide bonds. The average molecular weight is 242 g/mol. The maximum atomic E-state index is 9.87. The zero-order chi connectivity index (χ0) is 12.6. The highest BCUT2D eigenvalue weighted by molar-refractivity contribution is 5.01. The quantitative estimate of drug-likeness (QED) is 0.826. The third-order valence-electron chi connectivity index (χ3n) is 4.71. The van der Waals surface area contributed by atoms with Crippen LogP contribution in [0.4, 0.5) is 0 Å². The third-order valence-corrected chi connectivity index (χ3v) is 4.71. The minimum Gasteiger partial charge on any atom is -0.392 e. The number of hydrogen-bond acceptors (Lipinski definition) is 3. The Labute approximate surface area is 104 Å². The Hall–Kier alpha value is -0.120. The number of rotatable bonds is 3. The van der Waals surface area contributed by atoms with Crippen molar-refractivity contribution in [3.63, 3.8) is 0 Å². The molecule has 2 aliphatic rings. The van der Waals surface area contributed by atoms with Crippen LogP contribution >= 0.6 is 0 Å². The molecule has 2 fully saturated rings. The van der Waals surface area contributed by atoms with Crippen LogP contribution in [0, 0.1) is 5.41 Å². The van der Waals surface area contributed by atoms with Crippen molar-refractivity contribution in [3.05, 3.63) is 0 Å². The molecule has 0 spiro atoms. The number of aliphatic hydroxyl groups is 1. The molecule has 0 bridgehead atoms. The molecule has 2 rings (SSSR count). The van der Waals surface area contributed by atoms with Gasteiger partial charge in [-0.1, -0.05) is 13.8 Å². The molecule has 3 nitrogen and oxygen atoms in total. The fourth-order valence-electron chi connectivity index (χ4n) is 3.16. The van der Waals surface area contributed by atoms with Crippen molar-refractivity contribution in [2.45, 2.75) is 83.9 Å². The Bertz CT molecular complexity index is 258. The largest absolute Gasteiger partial charge is 0.392 e. The smallest absolute Gasteiger partial charge is 0.0681 e. The van der Waals surface area contributed by atoms with Gasteiger partial charge in [0.1, 0.15) is 0 Å². The molecule has 3 heteroatoms. The lowest BCUT2D eigenvalue weighted by molar-refractivity contribution is -0.222. The predicted molar refractivity (Wildman–Crippen MR) is 66.9 cm³/mol. The zero-order valence-corrected chi connectivity index (χ0v) is 11.5. The van der Waals surface area contributed by atoms with Crippen molar-refractivity contribution in [2.75, 3.05) is 0 Å². The van der Waals surface area contributed by atoms with E-state index in [2.05, 4.69) is 27.7 Å². The average Bonchev–Trinajstić information content (AvgIpc) is 2.26. The summed E-state index contributed by atoms with van der Waals surface area (Å²) in [5, 5.41) is 9.87. The predicted octanol–water partition coefficient (Wildman–Crippen LogP) is 2.51. The molecular weight excluding hydrogens is 216 g/mol. The monoisotopic (exact) mass is 242 g/mol. The van der Waals surface area contributed by atoms with E-state index in [1.807, 2.05) is 0 Å². The number of aliphatic hydroxyl groups excluding tert-OH is 1. The Morgan fingerprint density at radius 3 is 2.29 bits per heavy atom. The van der Waals surface area contributed by atoms with E-state index in [-0.39, 0.29) is 17.6 Å². The van der Waals surface area contributed by atoms with E-state index in [4.69, 9.17) is 9.47 Å². The second kappa shape index (κ2) is 4.87. The first-order valence-electron chi connectivity index (χ1n) is 6.94. The van der Waals surface area contributed by atoms with E-state index < -0.39 is 0 Å². The van der Waals surface area contributed by atoms with Crippen molar-refractivity contribution in [2.24, 2.45) is 5.41 Å². The van der Waals surface area contributed by atoms with Gasteiger partial charge in [-0.2, -0.15) is 0 Å². The van der Waals surface area contributed by atoms with E-state index in [0.29, 0.717) is 18.3 Å². The van der Waals surface area contributed by atoms with Crippen LogP contribution in [0.5, 0.6) is 0 Å². The summed E-state index contributed by atoms with van der Waals surface area (Å²) in [4.78, 5) is 0. The minimum atomic E-state index is -0.188. The Kier molecular flexibility index (Phi) is 3.81. The molecule has 1 aliphatic heterocycles. The Balaban J connectivity index is 1.89. The van der Waals surface area contributed by atoms with Crippen molar-refractivity contribution < 1.29 is 14.6 Å². The minimum absolute atomic E-state index is 0.0369. The number of hydrogen-bond donors (Lipinski definition) is 1. The zero-order valence-electron chi connectivity index (χ0n) is 11.5. The molecule has 1 saturated carbocycles. The van der Waals surface area contributed by atoms with Gasteiger partial charge in [0, 0.05) is 11.8 Å². The standard InChI is InChI=1S/C14H26O3/c1-5-14(4)12(15)8-13(14)17-11-6-9(2)16-10(3)7-11/h9-13,15H,5-8H2,1-4H3. The second-order valence-corrected chi connectivity index (χ2v) is 6.09. The molecule has 1 N–H and O–H groups in total. The van der Waals surface area contributed by atoms with E-state index >= 15 is 0 Å². The first kappa shape index (κ1) is 13.3. The van der Waals surface area contributed by atoms with Crippen molar-refractivity contribution >= 4 is 0 Å². The topological polar surface area (TPSA) is 38.7 Å². The van der Waals surface area contributed by atoms with Crippen molar-refractivity contribution in [1.29, 1.82) is 0 Å². The lowest BCUT2D eigenvalue weighted by Gasteiger charge is -2.52. The normalized spacial score (nSPS) is 51.0. The van der Waals surface area contributed by atoms with Crippen molar-refractivity contribution in [3.8, 4) is 0 Å². The summed E-state index contributed by atoms with van der Waals surface area (Å²) < 4.78 is 11.9. The molecular formula is C14H26O3. The van der Waals surface area contributed by atoms with Gasteiger partial charge in [0.15, 0.2) is 0 Å². The van der Waals surface area contributed by atoms with Gasteiger partial charge in [-0.25, -0.2) is 0 Å². The molecule has 1 aliphatic carbocycles. The fraction of sp³-hybridized carbons (Fsp3) is 1.00. The summed E-state index contributed by atoms with van der Waals surface area (Å²) in [5.74, 6) is 0.